The fourth-order valence-electron chi connectivity index (χ4n) is 3.84. The van der Waals surface area contributed by atoms with Gasteiger partial charge in [-0.3, -0.25) is 4.90 Å². The molecule has 3 aromatic rings. The van der Waals surface area contributed by atoms with E-state index in [0.717, 1.165) is 57.3 Å². The van der Waals surface area contributed by atoms with E-state index in [9.17, 15) is 4.39 Å². The monoisotopic (exact) mass is 423 g/mol. The number of likely N-dealkylation sites (N-methyl/N-ethyl adjacent to an activating group) is 1. The van der Waals surface area contributed by atoms with Crippen molar-refractivity contribution in [2.24, 2.45) is 0 Å². The first kappa shape index (κ1) is 21.4. The zero-order chi connectivity index (χ0) is 21.5. The topological polar surface area (TPSA) is 53.3 Å². The van der Waals surface area contributed by atoms with E-state index in [1.807, 2.05) is 36.9 Å². The fourth-order valence-corrected chi connectivity index (χ4v) is 3.84. The molecule has 0 radical (unpaired) electrons. The maximum Gasteiger partial charge on any atom is 0.225 e. The van der Waals surface area contributed by atoms with Gasteiger partial charge < -0.3 is 14.4 Å². The molecule has 164 valence electrons. The highest BCUT2D eigenvalue weighted by Crippen LogP contribution is 2.15. The van der Waals surface area contributed by atoms with Crippen LogP contribution in [0.15, 0.2) is 55.2 Å². The Balaban J connectivity index is 1.44. The average Bonchev–Trinajstić information content (AvgIpc) is 3.29. The van der Waals surface area contributed by atoms with Crippen LogP contribution in [0.5, 0.6) is 0 Å². The average molecular weight is 424 g/mol. The highest BCUT2D eigenvalue weighted by Gasteiger charge is 2.17. The highest BCUT2D eigenvalue weighted by atomic mass is 19.1. The second kappa shape index (κ2) is 10.5. The van der Waals surface area contributed by atoms with Gasteiger partial charge in [-0.15, -0.1) is 0 Å². The molecule has 8 heteroatoms. The van der Waals surface area contributed by atoms with Gasteiger partial charge in [0.2, 0.25) is 5.95 Å². The molecule has 31 heavy (non-hydrogen) atoms. The molecule has 1 aliphatic rings. The minimum absolute atomic E-state index is 0.164. The van der Waals surface area contributed by atoms with E-state index in [-0.39, 0.29) is 5.82 Å². The Labute approximate surface area is 183 Å². The normalized spacial score (nSPS) is 15.0. The SMILES string of the molecule is CN1CCN(c2nccc(CN(CCCn3ccnc3)Cc3ccccc3F)n2)CC1. The van der Waals surface area contributed by atoms with Crippen molar-refractivity contribution in [1.29, 1.82) is 0 Å². The maximum atomic E-state index is 14.3. The fraction of sp³-hybridized carbons (Fsp3) is 0.435. The zero-order valence-corrected chi connectivity index (χ0v) is 18.1. The molecule has 1 aromatic carbocycles. The lowest BCUT2D eigenvalue weighted by Gasteiger charge is -2.32. The van der Waals surface area contributed by atoms with Crippen molar-refractivity contribution >= 4 is 5.95 Å². The number of aryl methyl sites for hydroxylation is 1. The Hall–Kier alpha value is -2.84. The Bertz CT molecular complexity index is 939. The summed E-state index contributed by atoms with van der Waals surface area (Å²) in [5.41, 5.74) is 1.67. The molecule has 0 bridgehead atoms. The molecular weight excluding hydrogens is 393 g/mol. The number of aromatic nitrogens is 4. The van der Waals surface area contributed by atoms with Gasteiger partial charge in [0.25, 0.3) is 0 Å². The van der Waals surface area contributed by atoms with E-state index in [1.165, 1.54) is 6.07 Å². The van der Waals surface area contributed by atoms with Crippen molar-refractivity contribution in [3.8, 4) is 0 Å². The number of imidazole rings is 1. The van der Waals surface area contributed by atoms with Crippen LogP contribution in [-0.4, -0.2) is 69.1 Å². The number of piperazine rings is 1. The molecule has 3 heterocycles. The first-order valence-electron chi connectivity index (χ1n) is 10.8. The van der Waals surface area contributed by atoms with Crippen LogP contribution in [0, 0.1) is 5.82 Å². The first-order chi connectivity index (χ1) is 15.2. The molecule has 0 saturated carbocycles. The number of halogens is 1. The zero-order valence-electron chi connectivity index (χ0n) is 18.1. The van der Waals surface area contributed by atoms with E-state index in [1.54, 1.807) is 12.3 Å². The van der Waals surface area contributed by atoms with Gasteiger partial charge in [0.1, 0.15) is 5.82 Å². The lowest BCUT2D eigenvalue weighted by Crippen LogP contribution is -2.45. The quantitative estimate of drug-likeness (QED) is 0.528. The predicted molar refractivity (Wildman–Crippen MR) is 119 cm³/mol. The molecule has 2 aromatic heterocycles. The molecule has 1 fully saturated rings. The minimum atomic E-state index is -0.164. The lowest BCUT2D eigenvalue weighted by atomic mass is 10.2. The van der Waals surface area contributed by atoms with E-state index < -0.39 is 0 Å². The van der Waals surface area contributed by atoms with Crippen molar-refractivity contribution in [3.63, 3.8) is 0 Å². The third-order valence-corrected chi connectivity index (χ3v) is 5.67. The summed E-state index contributed by atoms with van der Waals surface area (Å²) >= 11 is 0. The van der Waals surface area contributed by atoms with E-state index in [4.69, 9.17) is 4.98 Å². The van der Waals surface area contributed by atoms with Crippen LogP contribution in [-0.2, 0) is 19.6 Å². The second-order valence-corrected chi connectivity index (χ2v) is 8.09. The molecule has 0 unspecified atom stereocenters. The van der Waals surface area contributed by atoms with Gasteiger partial charge in [-0.2, -0.15) is 0 Å². The number of hydrogen-bond acceptors (Lipinski definition) is 6. The number of hydrogen-bond donors (Lipinski definition) is 0. The van der Waals surface area contributed by atoms with Crippen molar-refractivity contribution in [2.75, 3.05) is 44.7 Å². The first-order valence-corrected chi connectivity index (χ1v) is 10.8. The van der Waals surface area contributed by atoms with Crippen LogP contribution >= 0.6 is 0 Å². The molecule has 1 aliphatic heterocycles. The Morgan fingerprint density at radius 2 is 1.87 bits per heavy atom. The predicted octanol–water partition coefficient (Wildman–Crippen LogP) is 2.66. The molecule has 0 amide bonds. The maximum absolute atomic E-state index is 14.3. The van der Waals surface area contributed by atoms with Crippen LogP contribution in [0.25, 0.3) is 0 Å². The molecule has 0 aliphatic carbocycles. The van der Waals surface area contributed by atoms with Crippen molar-refractivity contribution in [1.82, 2.24) is 29.3 Å². The van der Waals surface area contributed by atoms with E-state index in [0.29, 0.717) is 18.7 Å². The Morgan fingerprint density at radius 3 is 2.65 bits per heavy atom. The standard InChI is InChI=1S/C23H30FN7/c1-28-13-15-31(16-14-28)23-26-8-7-21(27-23)18-30(11-4-10-29-12-9-25-19-29)17-20-5-2-3-6-22(20)24/h2-3,5-9,12,19H,4,10-11,13-18H2,1H3. The summed E-state index contributed by atoms with van der Waals surface area (Å²) < 4.78 is 16.4. The molecular formula is C23H30FN7. The van der Waals surface area contributed by atoms with Gasteiger partial charge >= 0.3 is 0 Å². The lowest BCUT2D eigenvalue weighted by molar-refractivity contribution is 0.242. The largest absolute Gasteiger partial charge is 0.338 e. The molecule has 0 spiro atoms. The van der Waals surface area contributed by atoms with Gasteiger partial charge in [-0.05, 0) is 25.6 Å². The van der Waals surface area contributed by atoms with Gasteiger partial charge in [0, 0.05) is 76.5 Å². The van der Waals surface area contributed by atoms with Crippen molar-refractivity contribution in [2.45, 2.75) is 26.1 Å². The van der Waals surface area contributed by atoms with Crippen LogP contribution < -0.4 is 4.90 Å². The summed E-state index contributed by atoms with van der Waals surface area (Å²) in [6, 6.07) is 8.96. The number of anilines is 1. The third-order valence-electron chi connectivity index (χ3n) is 5.67. The summed E-state index contributed by atoms with van der Waals surface area (Å²) in [7, 11) is 2.14. The van der Waals surface area contributed by atoms with E-state index >= 15 is 0 Å². The molecule has 0 N–H and O–H groups in total. The number of rotatable bonds is 9. The summed E-state index contributed by atoms with van der Waals surface area (Å²) in [5.74, 6) is 0.623. The summed E-state index contributed by atoms with van der Waals surface area (Å²) in [6.07, 6.45) is 8.36. The van der Waals surface area contributed by atoms with Gasteiger partial charge in [0.15, 0.2) is 0 Å². The summed E-state index contributed by atoms with van der Waals surface area (Å²) in [4.78, 5) is 20.2. The minimum Gasteiger partial charge on any atom is -0.338 e. The molecule has 1 saturated heterocycles. The number of benzene rings is 1. The highest BCUT2D eigenvalue weighted by molar-refractivity contribution is 5.31. The van der Waals surface area contributed by atoms with Crippen LogP contribution in [0.4, 0.5) is 10.3 Å². The Kier molecular flexibility index (Phi) is 7.22. The Morgan fingerprint density at radius 1 is 1.03 bits per heavy atom. The molecule has 7 nitrogen and oxygen atoms in total. The molecule has 4 rings (SSSR count). The van der Waals surface area contributed by atoms with Crippen molar-refractivity contribution in [3.05, 3.63) is 72.3 Å². The third kappa shape index (κ3) is 6.08. The molecule has 0 atom stereocenters. The van der Waals surface area contributed by atoms with Gasteiger partial charge in [0.05, 0.1) is 12.0 Å². The summed E-state index contributed by atoms with van der Waals surface area (Å²) in [5, 5.41) is 0. The smallest absolute Gasteiger partial charge is 0.225 e. The van der Waals surface area contributed by atoms with Crippen LogP contribution in [0.1, 0.15) is 17.7 Å². The number of nitrogens with zero attached hydrogens (tertiary/aromatic N) is 7. The van der Waals surface area contributed by atoms with Crippen LogP contribution in [0.2, 0.25) is 0 Å². The van der Waals surface area contributed by atoms with Crippen LogP contribution in [0.3, 0.4) is 0 Å². The van der Waals surface area contributed by atoms with Gasteiger partial charge in [-0.1, -0.05) is 18.2 Å². The van der Waals surface area contributed by atoms with Crippen molar-refractivity contribution < 1.29 is 4.39 Å². The summed E-state index contributed by atoms with van der Waals surface area (Å²) in [6.45, 7) is 6.81. The second-order valence-electron chi connectivity index (χ2n) is 8.09. The van der Waals surface area contributed by atoms with Gasteiger partial charge in [-0.25, -0.2) is 19.3 Å². The van der Waals surface area contributed by atoms with E-state index in [2.05, 4.69) is 36.3 Å².